The molecular weight excluding hydrogens is 162 g/mol. The zero-order valence-corrected chi connectivity index (χ0v) is 8.08. The lowest BCUT2D eigenvalue weighted by molar-refractivity contribution is 0.246. The van der Waals surface area contributed by atoms with Gasteiger partial charge in [-0.25, -0.2) is 0 Å². The van der Waals surface area contributed by atoms with Crippen LogP contribution in [0.1, 0.15) is 6.42 Å². The molecule has 4 N–H and O–H groups in total. The lowest BCUT2D eigenvalue weighted by atomic mass is 9.94. The summed E-state index contributed by atoms with van der Waals surface area (Å²) in [4.78, 5) is 2.39. The number of rotatable bonds is 6. The van der Waals surface area contributed by atoms with Gasteiger partial charge in [0.25, 0.3) is 0 Å². The molecule has 0 aromatic heterocycles. The Morgan fingerprint density at radius 3 is 2.38 bits per heavy atom. The number of hydrogen-bond acceptors (Lipinski definition) is 3. The maximum Gasteiger partial charge on any atom is 0.0105 e. The van der Waals surface area contributed by atoms with E-state index >= 15 is 0 Å². The smallest absolute Gasteiger partial charge is 0.0105 e. The molecule has 0 heterocycles. The van der Waals surface area contributed by atoms with Crippen LogP contribution in [0.3, 0.4) is 0 Å². The van der Waals surface area contributed by atoms with Crippen molar-refractivity contribution in [1.29, 1.82) is 0 Å². The second-order valence-corrected chi connectivity index (χ2v) is 4.09. The minimum absolute atomic E-state index is 0.744. The Balaban J connectivity index is 1.72. The molecule has 2 aliphatic carbocycles. The summed E-state index contributed by atoms with van der Waals surface area (Å²) >= 11 is 0. The third kappa shape index (κ3) is 1.93. The molecule has 3 heteroatoms. The summed E-state index contributed by atoms with van der Waals surface area (Å²) in [5.74, 6) is 1.76. The van der Waals surface area contributed by atoms with E-state index in [0.29, 0.717) is 0 Å². The second kappa shape index (κ2) is 3.78. The Bertz CT molecular complexity index is 206. The molecule has 0 saturated heterocycles. The van der Waals surface area contributed by atoms with Crippen LogP contribution in [-0.2, 0) is 0 Å². The highest BCUT2D eigenvalue weighted by Gasteiger charge is 2.44. The van der Waals surface area contributed by atoms with Gasteiger partial charge in [-0.2, -0.15) is 0 Å². The first-order valence-electron chi connectivity index (χ1n) is 5.18. The Labute approximate surface area is 79.8 Å². The first-order valence-corrected chi connectivity index (χ1v) is 5.18. The second-order valence-electron chi connectivity index (χ2n) is 4.09. The fraction of sp³-hybridized carbons (Fsp3) is 0.800. The van der Waals surface area contributed by atoms with E-state index in [1.54, 1.807) is 5.57 Å². The van der Waals surface area contributed by atoms with Gasteiger partial charge in [-0.1, -0.05) is 11.6 Å². The molecule has 13 heavy (non-hydrogen) atoms. The minimum Gasteiger partial charge on any atom is -0.329 e. The normalized spacial score (nSPS) is 29.6. The minimum atomic E-state index is 0.744. The van der Waals surface area contributed by atoms with Crippen molar-refractivity contribution >= 4 is 0 Å². The van der Waals surface area contributed by atoms with Crippen LogP contribution in [0.4, 0.5) is 0 Å². The molecule has 1 saturated carbocycles. The highest BCUT2D eigenvalue weighted by molar-refractivity contribution is 5.37. The number of nitrogens with zero attached hydrogens (tertiary/aromatic N) is 1. The van der Waals surface area contributed by atoms with Gasteiger partial charge >= 0.3 is 0 Å². The number of hydrogen-bond donors (Lipinski definition) is 2. The number of fused-ring (bicyclic) bond motifs is 1. The Hall–Kier alpha value is -0.380. The van der Waals surface area contributed by atoms with Gasteiger partial charge in [0.2, 0.25) is 0 Å². The Kier molecular flexibility index (Phi) is 2.67. The van der Waals surface area contributed by atoms with Crippen LogP contribution in [0.2, 0.25) is 0 Å². The molecule has 0 aliphatic heterocycles. The van der Waals surface area contributed by atoms with Crippen LogP contribution < -0.4 is 11.5 Å². The first kappa shape index (κ1) is 9.19. The van der Waals surface area contributed by atoms with Crippen LogP contribution in [0.15, 0.2) is 11.6 Å². The maximum absolute atomic E-state index is 5.54. The van der Waals surface area contributed by atoms with Crippen molar-refractivity contribution in [2.75, 3.05) is 32.7 Å². The molecule has 2 aliphatic rings. The predicted octanol–water partition coefficient (Wildman–Crippen LogP) is -0.218. The third-order valence-corrected chi connectivity index (χ3v) is 3.08. The van der Waals surface area contributed by atoms with Gasteiger partial charge in [-0.15, -0.1) is 0 Å². The molecule has 2 unspecified atom stereocenters. The van der Waals surface area contributed by atoms with Crippen LogP contribution >= 0.6 is 0 Å². The molecule has 0 aromatic carbocycles. The summed E-state index contributed by atoms with van der Waals surface area (Å²) in [6, 6.07) is 0. The van der Waals surface area contributed by atoms with Gasteiger partial charge < -0.3 is 16.4 Å². The molecular formula is C10H19N3. The number of nitrogens with two attached hydrogens (primary N) is 2. The van der Waals surface area contributed by atoms with E-state index in [-0.39, 0.29) is 0 Å². The summed E-state index contributed by atoms with van der Waals surface area (Å²) in [5, 5.41) is 0. The largest absolute Gasteiger partial charge is 0.329 e. The molecule has 0 aromatic rings. The zero-order valence-electron chi connectivity index (χ0n) is 8.08. The molecule has 2 atom stereocenters. The van der Waals surface area contributed by atoms with Crippen LogP contribution in [0.5, 0.6) is 0 Å². The summed E-state index contributed by atoms with van der Waals surface area (Å²) in [7, 11) is 0. The third-order valence-electron chi connectivity index (χ3n) is 3.08. The Morgan fingerprint density at radius 1 is 1.31 bits per heavy atom. The van der Waals surface area contributed by atoms with Crippen LogP contribution in [0, 0.1) is 11.8 Å². The monoisotopic (exact) mass is 181 g/mol. The van der Waals surface area contributed by atoms with E-state index in [1.807, 2.05) is 0 Å². The first-order chi connectivity index (χ1) is 6.35. The molecule has 0 bridgehead atoms. The summed E-state index contributed by atoms with van der Waals surface area (Å²) in [6.07, 6.45) is 3.79. The van der Waals surface area contributed by atoms with E-state index in [0.717, 1.165) is 38.0 Å². The van der Waals surface area contributed by atoms with Crippen LogP contribution in [0.25, 0.3) is 0 Å². The SMILES string of the molecule is NCCN(CCN)CC1C=C2CC21. The van der Waals surface area contributed by atoms with E-state index in [1.165, 1.54) is 13.0 Å². The molecule has 0 amide bonds. The lowest BCUT2D eigenvalue weighted by Gasteiger charge is -2.27. The van der Waals surface area contributed by atoms with Gasteiger partial charge in [0.05, 0.1) is 0 Å². The van der Waals surface area contributed by atoms with Crippen molar-refractivity contribution in [2.24, 2.45) is 23.3 Å². The van der Waals surface area contributed by atoms with Crippen molar-refractivity contribution < 1.29 is 0 Å². The molecule has 74 valence electrons. The van der Waals surface area contributed by atoms with Crippen LogP contribution in [-0.4, -0.2) is 37.6 Å². The van der Waals surface area contributed by atoms with Crippen molar-refractivity contribution in [3.63, 3.8) is 0 Å². The van der Waals surface area contributed by atoms with E-state index in [9.17, 15) is 0 Å². The van der Waals surface area contributed by atoms with Gasteiger partial charge in [0, 0.05) is 32.7 Å². The maximum atomic E-state index is 5.54. The Morgan fingerprint density at radius 2 is 2.00 bits per heavy atom. The summed E-state index contributed by atoms with van der Waals surface area (Å²) in [5.41, 5.74) is 12.8. The van der Waals surface area contributed by atoms with Gasteiger partial charge in [0.15, 0.2) is 0 Å². The number of allylic oxidation sites excluding steroid dienone is 1. The van der Waals surface area contributed by atoms with Crippen molar-refractivity contribution in [1.82, 2.24) is 4.90 Å². The topological polar surface area (TPSA) is 55.3 Å². The highest BCUT2D eigenvalue weighted by Crippen LogP contribution is 2.53. The molecule has 3 nitrogen and oxygen atoms in total. The van der Waals surface area contributed by atoms with Crippen molar-refractivity contribution in [3.05, 3.63) is 11.6 Å². The average Bonchev–Trinajstić information content (AvgIpc) is 2.73. The zero-order chi connectivity index (χ0) is 9.26. The van der Waals surface area contributed by atoms with Gasteiger partial charge in [0.1, 0.15) is 0 Å². The predicted molar refractivity (Wildman–Crippen MR) is 54.2 cm³/mol. The van der Waals surface area contributed by atoms with Gasteiger partial charge in [-0.3, -0.25) is 0 Å². The summed E-state index contributed by atoms with van der Waals surface area (Å²) < 4.78 is 0. The van der Waals surface area contributed by atoms with Crippen molar-refractivity contribution in [3.8, 4) is 0 Å². The van der Waals surface area contributed by atoms with E-state index in [2.05, 4.69) is 11.0 Å². The van der Waals surface area contributed by atoms with Crippen molar-refractivity contribution in [2.45, 2.75) is 6.42 Å². The van der Waals surface area contributed by atoms with E-state index in [4.69, 9.17) is 11.5 Å². The standard InChI is InChI=1S/C10H19N3/c11-1-3-13(4-2-12)7-9-5-8-6-10(8)9/h5,9-10H,1-4,6-7,11-12H2. The summed E-state index contributed by atoms with van der Waals surface area (Å²) in [6.45, 7) is 4.64. The fourth-order valence-electron chi connectivity index (χ4n) is 2.22. The quantitative estimate of drug-likeness (QED) is 0.557. The molecule has 0 radical (unpaired) electrons. The molecule has 0 spiro atoms. The van der Waals surface area contributed by atoms with E-state index < -0.39 is 0 Å². The fourth-order valence-corrected chi connectivity index (χ4v) is 2.22. The van der Waals surface area contributed by atoms with Gasteiger partial charge in [-0.05, 0) is 18.3 Å². The molecule has 1 fully saturated rings. The average molecular weight is 181 g/mol. The molecule has 2 rings (SSSR count). The lowest BCUT2D eigenvalue weighted by Crippen LogP contribution is -2.38. The highest BCUT2D eigenvalue weighted by atomic mass is 15.1.